The molecule has 0 aliphatic heterocycles. The molecule has 21 heavy (non-hydrogen) atoms. The average molecular weight is 286 g/mol. The number of nitrogens with zero attached hydrogens (tertiary/aromatic N) is 3. The van der Waals surface area contributed by atoms with Crippen LogP contribution in [0, 0.1) is 5.92 Å². The molecule has 1 aromatic carbocycles. The number of aromatic nitrogens is 3. The molecule has 1 heterocycles. The first kappa shape index (κ1) is 15.7. The topological polar surface area (TPSA) is 42.7 Å². The SMILES string of the molecule is CC(C)CNCC(CCc1cn(C)nn1)c1ccccc1. The fourth-order valence-corrected chi connectivity index (χ4v) is 2.49. The zero-order valence-corrected chi connectivity index (χ0v) is 13.3. The highest BCUT2D eigenvalue weighted by atomic mass is 15.4. The number of benzene rings is 1. The molecule has 0 amide bonds. The minimum atomic E-state index is 0.520. The highest BCUT2D eigenvalue weighted by Gasteiger charge is 2.12. The predicted octanol–water partition coefficient (Wildman–Crippen LogP) is 2.78. The van der Waals surface area contributed by atoms with E-state index in [0.717, 1.165) is 31.6 Å². The van der Waals surface area contributed by atoms with E-state index in [4.69, 9.17) is 0 Å². The number of nitrogens with one attached hydrogen (secondary N) is 1. The zero-order chi connectivity index (χ0) is 15.1. The zero-order valence-electron chi connectivity index (χ0n) is 13.3. The van der Waals surface area contributed by atoms with Crippen LogP contribution in [-0.2, 0) is 13.5 Å². The summed E-state index contributed by atoms with van der Waals surface area (Å²) < 4.78 is 1.77. The molecule has 0 radical (unpaired) electrons. The molecule has 0 saturated heterocycles. The van der Waals surface area contributed by atoms with E-state index < -0.39 is 0 Å². The lowest BCUT2D eigenvalue weighted by Crippen LogP contribution is -2.25. The first-order valence-electron chi connectivity index (χ1n) is 7.76. The lowest BCUT2D eigenvalue weighted by atomic mass is 9.93. The molecule has 2 rings (SSSR count). The van der Waals surface area contributed by atoms with Gasteiger partial charge in [0.25, 0.3) is 0 Å². The van der Waals surface area contributed by atoms with Gasteiger partial charge < -0.3 is 5.32 Å². The Hall–Kier alpha value is -1.68. The van der Waals surface area contributed by atoms with E-state index in [1.807, 2.05) is 13.2 Å². The van der Waals surface area contributed by atoms with Gasteiger partial charge in [-0.05, 0) is 36.8 Å². The number of aryl methyl sites for hydroxylation is 2. The summed E-state index contributed by atoms with van der Waals surface area (Å²) in [5, 5.41) is 11.8. The number of hydrogen-bond donors (Lipinski definition) is 1. The maximum Gasteiger partial charge on any atom is 0.0827 e. The normalized spacial score (nSPS) is 12.8. The van der Waals surface area contributed by atoms with Crippen molar-refractivity contribution in [2.24, 2.45) is 13.0 Å². The summed E-state index contributed by atoms with van der Waals surface area (Å²) in [4.78, 5) is 0. The molecular formula is C17H26N4. The third kappa shape index (κ3) is 5.31. The fourth-order valence-electron chi connectivity index (χ4n) is 2.49. The van der Waals surface area contributed by atoms with Gasteiger partial charge in [-0.1, -0.05) is 49.4 Å². The smallest absolute Gasteiger partial charge is 0.0827 e. The maximum atomic E-state index is 4.18. The van der Waals surface area contributed by atoms with E-state index in [9.17, 15) is 0 Å². The Morgan fingerprint density at radius 1 is 1.14 bits per heavy atom. The van der Waals surface area contributed by atoms with Crippen LogP contribution in [0.15, 0.2) is 36.5 Å². The highest BCUT2D eigenvalue weighted by molar-refractivity contribution is 5.20. The summed E-state index contributed by atoms with van der Waals surface area (Å²) in [6, 6.07) is 10.8. The third-order valence-electron chi connectivity index (χ3n) is 3.61. The van der Waals surface area contributed by atoms with Gasteiger partial charge >= 0.3 is 0 Å². The molecule has 0 aliphatic rings. The minimum absolute atomic E-state index is 0.520. The van der Waals surface area contributed by atoms with Crippen molar-refractivity contribution in [1.29, 1.82) is 0 Å². The second-order valence-electron chi connectivity index (χ2n) is 6.08. The Labute approximate surface area is 127 Å². The van der Waals surface area contributed by atoms with Gasteiger partial charge in [-0.2, -0.15) is 0 Å². The second-order valence-corrected chi connectivity index (χ2v) is 6.08. The van der Waals surface area contributed by atoms with E-state index in [1.54, 1.807) is 4.68 Å². The Morgan fingerprint density at radius 2 is 1.90 bits per heavy atom. The fraction of sp³-hybridized carbons (Fsp3) is 0.529. The van der Waals surface area contributed by atoms with Crippen molar-refractivity contribution in [3.05, 3.63) is 47.8 Å². The molecule has 4 heteroatoms. The summed E-state index contributed by atoms with van der Waals surface area (Å²) in [5.74, 6) is 1.20. The molecule has 0 spiro atoms. The van der Waals surface area contributed by atoms with Crippen molar-refractivity contribution < 1.29 is 0 Å². The van der Waals surface area contributed by atoms with Crippen molar-refractivity contribution in [3.8, 4) is 0 Å². The van der Waals surface area contributed by atoms with Gasteiger partial charge in [0.1, 0.15) is 0 Å². The van der Waals surface area contributed by atoms with Crippen LogP contribution in [0.4, 0.5) is 0 Å². The van der Waals surface area contributed by atoms with Gasteiger partial charge in [0.05, 0.1) is 5.69 Å². The molecule has 1 N–H and O–H groups in total. The van der Waals surface area contributed by atoms with Crippen LogP contribution >= 0.6 is 0 Å². The monoisotopic (exact) mass is 286 g/mol. The lowest BCUT2D eigenvalue weighted by molar-refractivity contribution is 0.499. The molecule has 1 unspecified atom stereocenters. The molecule has 1 aromatic heterocycles. The quantitative estimate of drug-likeness (QED) is 0.811. The maximum absolute atomic E-state index is 4.18. The first-order valence-corrected chi connectivity index (χ1v) is 7.76. The van der Waals surface area contributed by atoms with Crippen LogP contribution in [0.3, 0.4) is 0 Å². The molecule has 114 valence electrons. The Kier molecular flexibility index (Phi) is 5.93. The Bertz CT molecular complexity index is 519. The number of hydrogen-bond acceptors (Lipinski definition) is 3. The van der Waals surface area contributed by atoms with Crippen LogP contribution in [0.1, 0.15) is 37.4 Å². The lowest BCUT2D eigenvalue weighted by Gasteiger charge is -2.18. The molecule has 2 aromatic rings. The van der Waals surface area contributed by atoms with Crippen molar-refractivity contribution in [1.82, 2.24) is 20.3 Å². The predicted molar refractivity (Wildman–Crippen MR) is 86.2 cm³/mol. The first-order chi connectivity index (χ1) is 10.1. The molecule has 0 saturated carbocycles. The van der Waals surface area contributed by atoms with Gasteiger partial charge in [0, 0.05) is 19.8 Å². The van der Waals surface area contributed by atoms with Crippen LogP contribution in [-0.4, -0.2) is 28.1 Å². The van der Waals surface area contributed by atoms with Gasteiger partial charge in [-0.25, -0.2) is 0 Å². The van der Waals surface area contributed by atoms with Crippen LogP contribution in [0.5, 0.6) is 0 Å². The van der Waals surface area contributed by atoms with Gasteiger partial charge in [0.2, 0.25) is 0 Å². The minimum Gasteiger partial charge on any atom is -0.316 e. The van der Waals surface area contributed by atoms with E-state index in [0.29, 0.717) is 11.8 Å². The summed E-state index contributed by atoms with van der Waals surface area (Å²) in [7, 11) is 1.91. The largest absolute Gasteiger partial charge is 0.316 e. The third-order valence-corrected chi connectivity index (χ3v) is 3.61. The van der Waals surface area contributed by atoms with Crippen molar-refractivity contribution >= 4 is 0 Å². The second kappa shape index (κ2) is 7.93. The standard InChI is InChI=1S/C17H26N4/c1-14(2)11-18-12-16(15-7-5-4-6-8-15)9-10-17-13-21(3)20-19-17/h4-8,13-14,16,18H,9-12H2,1-3H3. The summed E-state index contributed by atoms with van der Waals surface area (Å²) >= 11 is 0. The van der Waals surface area contributed by atoms with E-state index in [2.05, 4.69) is 59.8 Å². The molecular weight excluding hydrogens is 260 g/mol. The van der Waals surface area contributed by atoms with Crippen LogP contribution in [0.2, 0.25) is 0 Å². The summed E-state index contributed by atoms with van der Waals surface area (Å²) in [6.45, 7) is 6.56. The summed E-state index contributed by atoms with van der Waals surface area (Å²) in [5.41, 5.74) is 2.47. The summed E-state index contributed by atoms with van der Waals surface area (Å²) in [6.07, 6.45) is 4.06. The Balaban J connectivity index is 1.94. The number of rotatable bonds is 8. The van der Waals surface area contributed by atoms with Crippen molar-refractivity contribution in [2.75, 3.05) is 13.1 Å². The molecule has 0 aliphatic carbocycles. The average Bonchev–Trinajstić information content (AvgIpc) is 2.89. The molecule has 1 atom stereocenters. The molecule has 0 bridgehead atoms. The van der Waals surface area contributed by atoms with E-state index in [-0.39, 0.29) is 0 Å². The Morgan fingerprint density at radius 3 is 2.52 bits per heavy atom. The van der Waals surface area contributed by atoms with E-state index in [1.165, 1.54) is 5.56 Å². The molecule has 0 fully saturated rings. The van der Waals surface area contributed by atoms with Gasteiger partial charge in [0.15, 0.2) is 0 Å². The van der Waals surface area contributed by atoms with Crippen LogP contribution in [0.25, 0.3) is 0 Å². The molecule has 4 nitrogen and oxygen atoms in total. The van der Waals surface area contributed by atoms with E-state index >= 15 is 0 Å². The van der Waals surface area contributed by atoms with Gasteiger partial charge in [-0.15, -0.1) is 5.10 Å². The van der Waals surface area contributed by atoms with Crippen LogP contribution < -0.4 is 5.32 Å². The van der Waals surface area contributed by atoms with Crippen molar-refractivity contribution in [2.45, 2.75) is 32.6 Å². The highest BCUT2D eigenvalue weighted by Crippen LogP contribution is 2.20. The van der Waals surface area contributed by atoms with Crippen molar-refractivity contribution in [3.63, 3.8) is 0 Å². The van der Waals surface area contributed by atoms with Gasteiger partial charge in [-0.3, -0.25) is 4.68 Å².